The van der Waals surface area contributed by atoms with Crippen LogP contribution >= 0.6 is 11.6 Å². The molecular weight excluding hydrogens is 246 g/mol. The normalized spacial score (nSPS) is 16.8. The first kappa shape index (κ1) is 11.7. The van der Waals surface area contributed by atoms with E-state index in [1.165, 1.54) is 12.8 Å². The van der Waals surface area contributed by atoms with Crippen molar-refractivity contribution in [2.75, 3.05) is 11.9 Å². The van der Waals surface area contributed by atoms with Crippen molar-refractivity contribution in [3.8, 4) is 0 Å². The Kier molecular flexibility index (Phi) is 3.08. The van der Waals surface area contributed by atoms with Crippen molar-refractivity contribution in [2.45, 2.75) is 25.1 Å². The van der Waals surface area contributed by atoms with Crippen LogP contribution in [0.2, 0.25) is 0 Å². The summed E-state index contributed by atoms with van der Waals surface area (Å²) in [5, 5.41) is 3.53. The van der Waals surface area contributed by atoms with Crippen molar-refractivity contribution in [3.05, 3.63) is 30.0 Å². The highest BCUT2D eigenvalue weighted by Gasteiger charge is 2.29. The minimum atomic E-state index is 0.206. The SMILES string of the molecule is Cc1nc2ccccc2nc1NCC(Cl)C1CC1. The van der Waals surface area contributed by atoms with Gasteiger partial charge in [-0.3, -0.25) is 0 Å². The molecule has 1 aliphatic carbocycles. The molecule has 1 saturated carbocycles. The van der Waals surface area contributed by atoms with Gasteiger partial charge in [0, 0.05) is 6.54 Å². The van der Waals surface area contributed by atoms with Crippen LogP contribution in [0.1, 0.15) is 18.5 Å². The second-order valence-electron chi connectivity index (χ2n) is 4.88. The number of nitrogens with zero attached hydrogens (tertiary/aromatic N) is 2. The van der Waals surface area contributed by atoms with Crippen LogP contribution in [0.15, 0.2) is 24.3 Å². The van der Waals surface area contributed by atoms with Crippen molar-refractivity contribution >= 4 is 28.5 Å². The lowest BCUT2D eigenvalue weighted by molar-refractivity contribution is 0.768. The molecule has 1 aliphatic rings. The molecule has 1 aromatic heterocycles. The van der Waals surface area contributed by atoms with Crippen molar-refractivity contribution in [3.63, 3.8) is 0 Å². The quantitative estimate of drug-likeness (QED) is 0.858. The lowest BCUT2D eigenvalue weighted by atomic mass is 10.2. The molecule has 0 saturated heterocycles. The standard InChI is InChI=1S/C14H16ClN3/c1-9-14(16-8-11(15)10-6-7-10)18-13-5-3-2-4-12(13)17-9/h2-5,10-11H,6-8H2,1H3,(H,16,18). The molecule has 94 valence electrons. The van der Waals surface area contributed by atoms with Crippen LogP contribution in [-0.4, -0.2) is 21.9 Å². The Balaban J connectivity index is 1.80. The molecule has 1 N–H and O–H groups in total. The van der Waals surface area contributed by atoms with Gasteiger partial charge < -0.3 is 5.32 Å². The van der Waals surface area contributed by atoms with Crippen LogP contribution < -0.4 is 5.32 Å². The van der Waals surface area contributed by atoms with Gasteiger partial charge in [-0.15, -0.1) is 11.6 Å². The lowest BCUT2D eigenvalue weighted by Gasteiger charge is -2.12. The average molecular weight is 262 g/mol. The number of para-hydroxylation sites is 2. The summed E-state index contributed by atoms with van der Waals surface area (Å²) in [6.45, 7) is 2.74. The molecule has 0 bridgehead atoms. The minimum Gasteiger partial charge on any atom is -0.367 e. The second kappa shape index (κ2) is 4.73. The van der Waals surface area contributed by atoms with Crippen LogP contribution in [0.5, 0.6) is 0 Å². The first-order chi connectivity index (χ1) is 8.74. The Morgan fingerprint density at radius 1 is 1.28 bits per heavy atom. The van der Waals surface area contributed by atoms with Gasteiger partial charge in [-0.2, -0.15) is 0 Å². The molecule has 3 nitrogen and oxygen atoms in total. The number of aryl methyl sites for hydroxylation is 1. The fourth-order valence-electron chi connectivity index (χ4n) is 2.07. The maximum atomic E-state index is 6.29. The number of alkyl halides is 1. The second-order valence-corrected chi connectivity index (χ2v) is 5.44. The molecule has 18 heavy (non-hydrogen) atoms. The summed E-state index contributed by atoms with van der Waals surface area (Å²) in [5.74, 6) is 1.54. The van der Waals surface area contributed by atoms with Crippen LogP contribution in [0.3, 0.4) is 0 Å². The monoisotopic (exact) mass is 261 g/mol. The summed E-state index contributed by atoms with van der Waals surface area (Å²) in [7, 11) is 0. The Hall–Kier alpha value is -1.35. The molecule has 1 fully saturated rings. The molecule has 1 atom stereocenters. The van der Waals surface area contributed by atoms with E-state index in [9.17, 15) is 0 Å². The summed E-state index contributed by atoms with van der Waals surface area (Å²) in [4.78, 5) is 9.14. The largest absolute Gasteiger partial charge is 0.367 e. The van der Waals surface area contributed by atoms with Gasteiger partial charge in [0.2, 0.25) is 0 Å². The first-order valence-corrected chi connectivity index (χ1v) is 6.79. The smallest absolute Gasteiger partial charge is 0.148 e. The van der Waals surface area contributed by atoms with E-state index >= 15 is 0 Å². The summed E-state index contributed by atoms with van der Waals surface area (Å²) < 4.78 is 0. The highest BCUT2D eigenvalue weighted by molar-refractivity contribution is 6.21. The molecule has 1 unspecified atom stereocenters. The van der Waals surface area contributed by atoms with Gasteiger partial charge >= 0.3 is 0 Å². The number of halogens is 1. The summed E-state index contributed by atoms with van der Waals surface area (Å²) in [6, 6.07) is 7.91. The Bertz CT molecular complexity index is 566. The average Bonchev–Trinajstić information content (AvgIpc) is 3.20. The van der Waals surface area contributed by atoms with Gasteiger partial charge in [0.25, 0.3) is 0 Å². The Labute approximate surface area is 112 Å². The summed E-state index contributed by atoms with van der Waals surface area (Å²) >= 11 is 6.29. The molecule has 0 spiro atoms. The van der Waals surface area contributed by atoms with Gasteiger partial charge in [-0.1, -0.05) is 12.1 Å². The topological polar surface area (TPSA) is 37.8 Å². The highest BCUT2D eigenvalue weighted by atomic mass is 35.5. The Morgan fingerprint density at radius 3 is 2.61 bits per heavy atom. The highest BCUT2D eigenvalue weighted by Crippen LogP contribution is 2.35. The molecule has 3 rings (SSSR count). The molecule has 0 amide bonds. The van der Waals surface area contributed by atoms with Crippen molar-refractivity contribution in [1.82, 2.24) is 9.97 Å². The maximum Gasteiger partial charge on any atom is 0.148 e. The van der Waals surface area contributed by atoms with E-state index in [0.717, 1.165) is 29.1 Å². The lowest BCUT2D eigenvalue weighted by Crippen LogP contribution is -2.17. The van der Waals surface area contributed by atoms with Crippen LogP contribution in [0.25, 0.3) is 11.0 Å². The number of fused-ring (bicyclic) bond motifs is 1. The van der Waals surface area contributed by atoms with Gasteiger partial charge in [-0.25, -0.2) is 9.97 Å². The van der Waals surface area contributed by atoms with E-state index in [-0.39, 0.29) is 5.38 Å². The fraction of sp³-hybridized carbons (Fsp3) is 0.429. The van der Waals surface area contributed by atoms with E-state index in [1.807, 2.05) is 31.2 Å². The third-order valence-electron chi connectivity index (χ3n) is 3.34. The number of hydrogen-bond acceptors (Lipinski definition) is 3. The van der Waals surface area contributed by atoms with Crippen molar-refractivity contribution in [2.24, 2.45) is 5.92 Å². The number of benzene rings is 1. The van der Waals surface area contributed by atoms with Gasteiger partial charge in [0.05, 0.1) is 22.1 Å². The van der Waals surface area contributed by atoms with Crippen LogP contribution in [0.4, 0.5) is 5.82 Å². The predicted octanol–water partition coefficient (Wildman–Crippen LogP) is 3.37. The zero-order valence-electron chi connectivity index (χ0n) is 10.4. The molecule has 1 heterocycles. The fourth-order valence-corrected chi connectivity index (χ4v) is 2.40. The maximum absolute atomic E-state index is 6.29. The first-order valence-electron chi connectivity index (χ1n) is 6.35. The number of rotatable bonds is 4. The molecule has 0 aliphatic heterocycles. The van der Waals surface area contributed by atoms with Gasteiger partial charge in [-0.05, 0) is 37.8 Å². The van der Waals surface area contributed by atoms with E-state index in [2.05, 4.69) is 15.3 Å². The summed E-state index contributed by atoms with van der Waals surface area (Å²) in [6.07, 6.45) is 2.52. The van der Waals surface area contributed by atoms with Crippen LogP contribution in [0, 0.1) is 12.8 Å². The van der Waals surface area contributed by atoms with Gasteiger partial charge in [0.15, 0.2) is 0 Å². The number of anilines is 1. The third-order valence-corrected chi connectivity index (χ3v) is 3.85. The number of hydrogen-bond donors (Lipinski definition) is 1. The molecule has 2 aromatic rings. The minimum absolute atomic E-state index is 0.206. The molecule has 4 heteroatoms. The predicted molar refractivity (Wildman–Crippen MR) is 75.1 cm³/mol. The van der Waals surface area contributed by atoms with E-state index in [4.69, 9.17) is 11.6 Å². The number of aromatic nitrogens is 2. The molecule has 0 radical (unpaired) electrons. The Morgan fingerprint density at radius 2 is 1.94 bits per heavy atom. The van der Waals surface area contributed by atoms with E-state index in [1.54, 1.807) is 0 Å². The van der Waals surface area contributed by atoms with E-state index in [0.29, 0.717) is 5.92 Å². The summed E-state index contributed by atoms with van der Waals surface area (Å²) in [5.41, 5.74) is 2.78. The third kappa shape index (κ3) is 2.41. The van der Waals surface area contributed by atoms with Gasteiger partial charge in [0.1, 0.15) is 5.82 Å². The van der Waals surface area contributed by atoms with Crippen LogP contribution in [-0.2, 0) is 0 Å². The van der Waals surface area contributed by atoms with E-state index < -0.39 is 0 Å². The molecular formula is C14H16ClN3. The zero-order chi connectivity index (χ0) is 12.5. The van der Waals surface area contributed by atoms with Crippen molar-refractivity contribution < 1.29 is 0 Å². The molecule has 1 aromatic carbocycles. The number of nitrogens with one attached hydrogen (secondary N) is 1. The zero-order valence-corrected chi connectivity index (χ0v) is 11.1. The van der Waals surface area contributed by atoms with Crippen molar-refractivity contribution in [1.29, 1.82) is 0 Å².